The fourth-order valence-electron chi connectivity index (χ4n) is 3.11. The third-order valence-electron chi connectivity index (χ3n) is 4.15. The van der Waals surface area contributed by atoms with Gasteiger partial charge in [0.25, 0.3) is 0 Å². The van der Waals surface area contributed by atoms with Crippen molar-refractivity contribution in [1.29, 1.82) is 0 Å². The minimum absolute atomic E-state index is 0.0714. The van der Waals surface area contributed by atoms with Crippen molar-refractivity contribution in [1.82, 2.24) is 10.2 Å². The van der Waals surface area contributed by atoms with Crippen LogP contribution in [-0.4, -0.2) is 37.2 Å². The summed E-state index contributed by atoms with van der Waals surface area (Å²) in [5.41, 5.74) is 1.10. The smallest absolute Gasteiger partial charge is 0.198 e. The zero-order chi connectivity index (χ0) is 14.2. The predicted octanol–water partition coefficient (Wildman–Crippen LogP) is 0.472. The molecule has 0 spiro atoms. The molecule has 0 amide bonds. The van der Waals surface area contributed by atoms with Gasteiger partial charge in [-0.3, -0.25) is 0 Å². The number of benzene rings is 1. The first kappa shape index (κ1) is 12.7. The van der Waals surface area contributed by atoms with Gasteiger partial charge in [0.2, 0.25) is 0 Å². The van der Waals surface area contributed by atoms with Gasteiger partial charge >= 0.3 is 0 Å². The summed E-state index contributed by atoms with van der Waals surface area (Å²) in [6, 6.07) is 4.97. The van der Waals surface area contributed by atoms with Gasteiger partial charge in [0.15, 0.2) is 5.88 Å². The topological polar surface area (TPSA) is 24.5 Å². The lowest BCUT2D eigenvalue weighted by molar-refractivity contribution is 0.162. The Labute approximate surface area is 122 Å². The van der Waals surface area contributed by atoms with Gasteiger partial charge in [0.1, 0.15) is 11.9 Å². The van der Waals surface area contributed by atoms with Gasteiger partial charge < -0.3 is 15.0 Å². The first-order chi connectivity index (χ1) is 10.3. The number of hydrogen-bond acceptors (Lipinski definition) is 3. The Kier molecular flexibility index (Phi) is 3.04. The van der Waals surface area contributed by atoms with Crippen molar-refractivity contribution in [2.75, 3.05) is 26.2 Å². The summed E-state index contributed by atoms with van der Waals surface area (Å²) < 4.78 is 19.9. The van der Waals surface area contributed by atoms with Crippen LogP contribution in [0.5, 0.6) is 0 Å². The molecular weight excluding hydrogens is 267 g/mol. The Morgan fingerprint density at radius 3 is 2.86 bits per heavy atom. The molecule has 1 aromatic carbocycles. The van der Waals surface area contributed by atoms with E-state index in [1.807, 2.05) is 24.3 Å². The van der Waals surface area contributed by atoms with Gasteiger partial charge in [-0.1, -0.05) is 24.3 Å². The highest BCUT2D eigenvalue weighted by atomic mass is 19.1. The van der Waals surface area contributed by atoms with E-state index in [0.717, 1.165) is 48.1 Å². The summed E-state index contributed by atoms with van der Waals surface area (Å²) >= 11 is 0. The van der Waals surface area contributed by atoms with E-state index in [1.54, 1.807) is 6.07 Å². The van der Waals surface area contributed by atoms with E-state index in [2.05, 4.69) is 16.3 Å². The minimum atomic E-state index is -0.223. The van der Waals surface area contributed by atoms with Crippen molar-refractivity contribution in [3.05, 3.63) is 58.8 Å². The zero-order valence-electron chi connectivity index (χ0n) is 11.7. The van der Waals surface area contributed by atoms with Gasteiger partial charge in [-0.25, -0.2) is 4.39 Å². The molecule has 2 heterocycles. The molecule has 3 nitrogen and oxygen atoms in total. The molecule has 1 N–H and O–H groups in total. The highest BCUT2D eigenvalue weighted by molar-refractivity contribution is 5.68. The van der Waals surface area contributed by atoms with E-state index >= 15 is 0 Å². The van der Waals surface area contributed by atoms with Gasteiger partial charge in [-0.2, -0.15) is 0 Å². The summed E-state index contributed by atoms with van der Waals surface area (Å²) in [5.74, 6) is 0.582. The molecule has 108 valence electrons. The van der Waals surface area contributed by atoms with Crippen LogP contribution < -0.4 is 15.8 Å². The van der Waals surface area contributed by atoms with Gasteiger partial charge in [-0.15, -0.1) is 0 Å². The Morgan fingerprint density at radius 1 is 1.14 bits per heavy atom. The summed E-state index contributed by atoms with van der Waals surface area (Å²) in [6.07, 6.45) is 8.02. The normalized spacial score (nSPS) is 23.7. The Hall–Kier alpha value is -2.07. The number of allylic oxidation sites excluding steroid dienone is 2. The molecule has 1 saturated heterocycles. The molecule has 4 rings (SSSR count). The van der Waals surface area contributed by atoms with Crippen LogP contribution in [-0.2, 0) is 4.74 Å². The quantitative estimate of drug-likeness (QED) is 0.811. The molecule has 1 aromatic rings. The van der Waals surface area contributed by atoms with Gasteiger partial charge in [0, 0.05) is 37.0 Å². The summed E-state index contributed by atoms with van der Waals surface area (Å²) in [4.78, 5) is 2.21. The number of piperazine rings is 1. The number of nitrogens with zero attached hydrogens (tertiary/aromatic N) is 1. The fourth-order valence-corrected chi connectivity index (χ4v) is 3.11. The van der Waals surface area contributed by atoms with Crippen LogP contribution in [0, 0.1) is 5.82 Å². The lowest BCUT2D eigenvalue weighted by atomic mass is 9.98. The van der Waals surface area contributed by atoms with Crippen LogP contribution >= 0.6 is 0 Å². The molecule has 0 saturated carbocycles. The fraction of sp³-hybridized carbons (Fsp3) is 0.294. The Morgan fingerprint density at radius 2 is 2.00 bits per heavy atom. The lowest BCUT2D eigenvalue weighted by Gasteiger charge is -2.35. The van der Waals surface area contributed by atoms with E-state index in [-0.39, 0.29) is 11.9 Å². The molecular formula is C17H17FN2O. The van der Waals surface area contributed by atoms with Gasteiger partial charge in [0.05, 0.1) is 0 Å². The first-order valence-electron chi connectivity index (χ1n) is 7.34. The minimum Gasteiger partial charge on any atom is -0.466 e. The van der Waals surface area contributed by atoms with Gasteiger partial charge in [-0.05, 0) is 23.4 Å². The number of ether oxygens (including phenoxy) is 1. The van der Waals surface area contributed by atoms with Crippen molar-refractivity contribution in [3.8, 4) is 0 Å². The molecule has 21 heavy (non-hydrogen) atoms. The van der Waals surface area contributed by atoms with Crippen LogP contribution in [0.3, 0.4) is 0 Å². The van der Waals surface area contributed by atoms with Crippen molar-refractivity contribution < 1.29 is 9.13 Å². The SMILES string of the molecule is Fc1ccc2c(c1)=C(N1CCNCC1)OC1C=CC=CC=21. The summed E-state index contributed by atoms with van der Waals surface area (Å²) in [7, 11) is 0. The van der Waals surface area contributed by atoms with Crippen LogP contribution in [0.25, 0.3) is 11.5 Å². The highest BCUT2D eigenvalue weighted by Gasteiger charge is 2.25. The molecule has 1 unspecified atom stereocenters. The van der Waals surface area contributed by atoms with Crippen LogP contribution in [0.1, 0.15) is 0 Å². The van der Waals surface area contributed by atoms with Crippen LogP contribution in [0.2, 0.25) is 0 Å². The number of halogens is 1. The van der Waals surface area contributed by atoms with E-state index in [4.69, 9.17) is 4.74 Å². The monoisotopic (exact) mass is 284 g/mol. The standard InChI is InChI=1S/C17H17FN2O/c18-12-5-6-13-14-3-1-2-4-16(14)21-17(15(13)11-12)20-9-7-19-8-10-20/h1-6,11,16,19H,7-10H2. The summed E-state index contributed by atoms with van der Waals surface area (Å²) in [6.45, 7) is 3.61. The van der Waals surface area contributed by atoms with E-state index in [0.29, 0.717) is 0 Å². The van der Waals surface area contributed by atoms with Crippen molar-refractivity contribution in [2.24, 2.45) is 0 Å². The number of nitrogens with one attached hydrogen (secondary N) is 1. The van der Waals surface area contributed by atoms with E-state index < -0.39 is 0 Å². The Bertz CT molecular complexity index is 745. The van der Waals surface area contributed by atoms with Crippen molar-refractivity contribution >= 4 is 11.5 Å². The second-order valence-corrected chi connectivity index (χ2v) is 5.47. The summed E-state index contributed by atoms with van der Waals surface area (Å²) in [5, 5.41) is 5.27. The van der Waals surface area contributed by atoms with Crippen LogP contribution in [0.4, 0.5) is 4.39 Å². The molecule has 0 radical (unpaired) electrons. The Balaban J connectivity index is 1.96. The zero-order valence-corrected chi connectivity index (χ0v) is 11.7. The largest absolute Gasteiger partial charge is 0.466 e. The molecule has 3 aliphatic rings. The number of rotatable bonds is 1. The number of hydrogen-bond donors (Lipinski definition) is 1. The average Bonchev–Trinajstić information content (AvgIpc) is 2.54. The number of fused-ring (bicyclic) bond motifs is 2. The second-order valence-electron chi connectivity index (χ2n) is 5.47. The van der Waals surface area contributed by atoms with Crippen molar-refractivity contribution in [2.45, 2.75) is 6.10 Å². The first-order valence-corrected chi connectivity index (χ1v) is 7.34. The molecule has 0 bridgehead atoms. The molecule has 4 heteroatoms. The predicted molar refractivity (Wildman–Crippen MR) is 80.1 cm³/mol. The van der Waals surface area contributed by atoms with Crippen molar-refractivity contribution in [3.63, 3.8) is 0 Å². The molecule has 1 aliphatic carbocycles. The third-order valence-corrected chi connectivity index (χ3v) is 4.15. The van der Waals surface area contributed by atoms with E-state index in [1.165, 1.54) is 6.07 Å². The highest BCUT2D eigenvalue weighted by Crippen LogP contribution is 2.22. The third kappa shape index (κ3) is 2.16. The maximum Gasteiger partial charge on any atom is 0.198 e. The maximum absolute atomic E-state index is 13.7. The second kappa shape index (κ2) is 5.04. The molecule has 1 atom stereocenters. The lowest BCUT2D eigenvalue weighted by Crippen LogP contribution is -2.49. The maximum atomic E-state index is 13.7. The average molecular weight is 284 g/mol. The molecule has 0 aromatic heterocycles. The van der Waals surface area contributed by atoms with Crippen LogP contribution in [0.15, 0.2) is 42.5 Å². The molecule has 2 aliphatic heterocycles. The molecule has 1 fully saturated rings. The van der Waals surface area contributed by atoms with E-state index in [9.17, 15) is 4.39 Å².